The number of fused-ring (bicyclic) bond motifs is 2. The second-order valence-corrected chi connectivity index (χ2v) is 7.32. The van der Waals surface area contributed by atoms with E-state index < -0.39 is 11.7 Å². The summed E-state index contributed by atoms with van der Waals surface area (Å²) in [6, 6.07) is 14.7. The van der Waals surface area contributed by atoms with E-state index in [1.54, 1.807) is 0 Å². The van der Waals surface area contributed by atoms with Gasteiger partial charge in [-0.05, 0) is 46.3 Å². The number of aromatic amines is 1. The average molecular weight is 458 g/mol. The first-order valence-electron chi connectivity index (χ1n) is 8.57. The molecule has 3 aromatic heterocycles. The Bertz CT molecular complexity index is 1350. The van der Waals surface area contributed by atoms with Gasteiger partial charge in [-0.25, -0.2) is 4.98 Å². The lowest BCUT2D eigenvalue weighted by atomic mass is 10.1. The molecule has 5 nitrogen and oxygen atoms in total. The van der Waals surface area contributed by atoms with E-state index in [1.165, 1.54) is 6.07 Å². The number of H-pyrrole nitrogens is 1. The Morgan fingerprint density at radius 2 is 1.69 bits per heavy atom. The predicted molar refractivity (Wildman–Crippen MR) is 106 cm³/mol. The van der Waals surface area contributed by atoms with Gasteiger partial charge in [0.1, 0.15) is 5.82 Å². The largest absolute Gasteiger partial charge is 0.416 e. The van der Waals surface area contributed by atoms with Crippen LogP contribution < -0.4 is 0 Å². The second-order valence-electron chi connectivity index (χ2n) is 6.47. The number of hydrogen-bond donors (Lipinski definition) is 1. The molecule has 0 radical (unpaired) electrons. The molecular weight excluding hydrogens is 447 g/mol. The van der Waals surface area contributed by atoms with E-state index in [9.17, 15) is 13.2 Å². The smallest absolute Gasteiger partial charge is 0.338 e. The molecule has 0 bridgehead atoms. The minimum atomic E-state index is -4.39. The first-order valence-corrected chi connectivity index (χ1v) is 9.36. The van der Waals surface area contributed by atoms with Gasteiger partial charge in [-0.15, -0.1) is 10.2 Å². The van der Waals surface area contributed by atoms with Crippen LogP contribution in [-0.4, -0.2) is 24.6 Å². The van der Waals surface area contributed by atoms with E-state index >= 15 is 0 Å². The Balaban J connectivity index is 1.52. The summed E-state index contributed by atoms with van der Waals surface area (Å²) in [7, 11) is 0. The fourth-order valence-corrected chi connectivity index (χ4v) is 3.60. The molecule has 0 atom stereocenters. The van der Waals surface area contributed by atoms with Crippen LogP contribution in [0.3, 0.4) is 0 Å². The molecule has 9 heteroatoms. The summed E-state index contributed by atoms with van der Waals surface area (Å²) in [5.41, 5.74) is 2.44. The van der Waals surface area contributed by atoms with Gasteiger partial charge < -0.3 is 4.98 Å². The van der Waals surface area contributed by atoms with Crippen molar-refractivity contribution >= 4 is 32.6 Å². The van der Waals surface area contributed by atoms with Crippen molar-refractivity contribution in [1.82, 2.24) is 24.6 Å². The summed E-state index contributed by atoms with van der Waals surface area (Å²) < 4.78 is 41.4. The van der Waals surface area contributed by atoms with E-state index in [4.69, 9.17) is 0 Å². The molecule has 0 saturated carbocycles. The van der Waals surface area contributed by atoms with Crippen LogP contribution in [0.1, 0.15) is 5.56 Å². The Morgan fingerprint density at radius 1 is 0.931 bits per heavy atom. The van der Waals surface area contributed by atoms with Crippen LogP contribution >= 0.6 is 15.9 Å². The highest BCUT2D eigenvalue weighted by Crippen LogP contribution is 2.32. The topological polar surface area (TPSA) is 58.9 Å². The molecule has 1 N–H and O–H groups in total. The Kier molecular flexibility index (Phi) is 3.95. The zero-order valence-electron chi connectivity index (χ0n) is 14.6. The summed E-state index contributed by atoms with van der Waals surface area (Å²) in [5.74, 6) is 1.19. The van der Waals surface area contributed by atoms with Crippen molar-refractivity contribution in [2.24, 2.45) is 0 Å². The number of rotatable bonds is 2. The number of nitrogens with zero attached hydrogens (tertiary/aromatic N) is 4. The van der Waals surface area contributed by atoms with Gasteiger partial charge in [-0.3, -0.25) is 4.40 Å². The lowest BCUT2D eigenvalue weighted by molar-refractivity contribution is -0.137. The van der Waals surface area contributed by atoms with E-state index in [2.05, 4.69) is 36.1 Å². The van der Waals surface area contributed by atoms with Crippen molar-refractivity contribution in [3.8, 4) is 22.8 Å². The highest BCUT2D eigenvalue weighted by molar-refractivity contribution is 9.10. The van der Waals surface area contributed by atoms with Gasteiger partial charge in [0.2, 0.25) is 0 Å². The number of halogens is 4. The third-order valence-corrected chi connectivity index (χ3v) is 5.23. The number of hydrogen-bond acceptors (Lipinski definition) is 3. The molecular formula is C20H11BrF3N5. The van der Waals surface area contributed by atoms with Crippen molar-refractivity contribution in [2.45, 2.75) is 6.18 Å². The van der Waals surface area contributed by atoms with Crippen LogP contribution in [0.15, 0.2) is 65.3 Å². The van der Waals surface area contributed by atoms with E-state index in [0.717, 1.165) is 27.7 Å². The number of imidazole rings is 1. The molecule has 0 aliphatic carbocycles. The molecule has 0 spiro atoms. The first kappa shape index (κ1) is 17.9. The molecule has 5 aromatic rings. The highest BCUT2D eigenvalue weighted by atomic mass is 79.9. The van der Waals surface area contributed by atoms with Crippen LogP contribution in [0, 0.1) is 0 Å². The summed E-state index contributed by atoms with van der Waals surface area (Å²) in [4.78, 5) is 7.36. The fraction of sp³-hybridized carbons (Fsp3) is 0.0500. The number of alkyl halides is 3. The summed E-state index contributed by atoms with van der Waals surface area (Å²) in [6.45, 7) is 0. The third-order valence-electron chi connectivity index (χ3n) is 4.61. The van der Waals surface area contributed by atoms with Gasteiger partial charge in [-0.2, -0.15) is 13.2 Å². The molecule has 0 fully saturated rings. The quantitative estimate of drug-likeness (QED) is 0.368. The average Bonchev–Trinajstić information content (AvgIpc) is 3.32. The van der Waals surface area contributed by atoms with E-state index in [0.29, 0.717) is 28.3 Å². The molecule has 29 heavy (non-hydrogen) atoms. The van der Waals surface area contributed by atoms with E-state index in [-0.39, 0.29) is 0 Å². The van der Waals surface area contributed by atoms with Gasteiger partial charge >= 0.3 is 6.18 Å². The van der Waals surface area contributed by atoms with Crippen LogP contribution in [0.2, 0.25) is 0 Å². The molecule has 2 aromatic carbocycles. The maximum absolute atomic E-state index is 12.9. The lowest BCUT2D eigenvalue weighted by Gasteiger charge is -2.05. The standard InChI is InChI=1S/C20H11BrF3N5/c21-14-2-1-9-29-18(27-28-19(14)29)12-5-3-11(4-6-12)17-25-15-8-7-13(20(22,23)24)10-16(15)26-17/h1-10H,(H,25,26). The molecule has 0 aliphatic rings. The highest BCUT2D eigenvalue weighted by Gasteiger charge is 2.30. The van der Waals surface area contributed by atoms with Crippen molar-refractivity contribution < 1.29 is 13.2 Å². The summed E-state index contributed by atoms with van der Waals surface area (Å²) in [5, 5.41) is 8.44. The maximum Gasteiger partial charge on any atom is 0.416 e. The SMILES string of the molecule is FC(F)(F)c1ccc2nc(-c3ccc(-c4nnc5c(Br)cccn45)cc3)[nH]c2c1. The van der Waals surface area contributed by atoms with Gasteiger partial charge in [0.05, 0.1) is 21.1 Å². The zero-order chi connectivity index (χ0) is 20.2. The molecule has 0 amide bonds. The number of nitrogens with one attached hydrogen (secondary N) is 1. The molecule has 0 unspecified atom stereocenters. The first-order chi connectivity index (χ1) is 13.9. The molecule has 5 rings (SSSR count). The van der Waals surface area contributed by atoms with E-state index in [1.807, 2.05) is 47.0 Å². The Labute approximate surface area is 170 Å². The third kappa shape index (κ3) is 3.07. The maximum atomic E-state index is 12.9. The molecule has 144 valence electrons. The monoisotopic (exact) mass is 457 g/mol. The number of aromatic nitrogens is 5. The number of pyridine rings is 1. The number of benzene rings is 2. The predicted octanol–water partition coefficient (Wildman–Crippen LogP) is 5.72. The minimum absolute atomic E-state index is 0.340. The molecule has 0 aliphatic heterocycles. The van der Waals surface area contributed by atoms with Crippen molar-refractivity contribution in [2.75, 3.05) is 0 Å². The van der Waals surface area contributed by atoms with Crippen LogP contribution in [0.5, 0.6) is 0 Å². The Hall–Kier alpha value is -3.20. The minimum Gasteiger partial charge on any atom is -0.338 e. The van der Waals surface area contributed by atoms with Gasteiger partial charge in [0, 0.05) is 17.3 Å². The fourth-order valence-electron chi connectivity index (χ4n) is 3.18. The normalized spacial score (nSPS) is 12.1. The lowest BCUT2D eigenvalue weighted by Crippen LogP contribution is -2.04. The van der Waals surface area contributed by atoms with Gasteiger partial charge in [-0.1, -0.05) is 24.3 Å². The Morgan fingerprint density at radius 3 is 2.45 bits per heavy atom. The van der Waals surface area contributed by atoms with Crippen molar-refractivity contribution in [3.05, 3.63) is 70.8 Å². The van der Waals surface area contributed by atoms with Gasteiger partial charge in [0.15, 0.2) is 11.5 Å². The molecule has 3 heterocycles. The molecule has 0 saturated heterocycles. The van der Waals surface area contributed by atoms with Crippen molar-refractivity contribution in [1.29, 1.82) is 0 Å². The van der Waals surface area contributed by atoms with Crippen molar-refractivity contribution in [3.63, 3.8) is 0 Å². The van der Waals surface area contributed by atoms with Crippen LogP contribution in [0.25, 0.3) is 39.5 Å². The summed E-state index contributed by atoms with van der Waals surface area (Å²) >= 11 is 3.45. The van der Waals surface area contributed by atoms with Crippen LogP contribution in [0.4, 0.5) is 13.2 Å². The second kappa shape index (κ2) is 6.41. The zero-order valence-corrected chi connectivity index (χ0v) is 16.2. The summed E-state index contributed by atoms with van der Waals surface area (Å²) in [6.07, 6.45) is -2.52. The van der Waals surface area contributed by atoms with Crippen LogP contribution in [-0.2, 0) is 6.18 Å². The van der Waals surface area contributed by atoms with Gasteiger partial charge in [0.25, 0.3) is 0 Å².